The first-order valence-corrected chi connectivity index (χ1v) is 12.5. The number of hydrogen-bond acceptors (Lipinski definition) is 6. The standard InChI is InChI=1S/C24H28ClF3N4O4/c25-14-1-6-21-19(9-14)20(33)10-22(35-21)23(34)30-15-2-4-16(5-3-15)32-12-17(11-29-32)31-8-7-18(13-31)36-24(26,27)28/h1,6,9,11-12,15-16,18,20,22,33H,2-5,7-8,10,13H2,(H,30,34)/t15?,16?,18-,20-,22-/m1/s1. The second kappa shape index (κ2) is 10.1. The van der Waals surface area contributed by atoms with Crippen LogP contribution in [0.3, 0.4) is 0 Å². The number of hydrogen-bond donors (Lipinski definition) is 2. The number of carbonyl (C=O) groups excluding carboxylic acids is 1. The number of nitrogens with zero attached hydrogens (tertiary/aromatic N) is 3. The average Bonchev–Trinajstić information content (AvgIpc) is 3.48. The molecule has 1 aromatic heterocycles. The Morgan fingerprint density at radius 2 is 2.00 bits per heavy atom. The molecule has 0 bridgehead atoms. The molecule has 1 aliphatic carbocycles. The second-order valence-corrected chi connectivity index (χ2v) is 10.1. The zero-order valence-corrected chi connectivity index (χ0v) is 20.2. The molecule has 3 atom stereocenters. The molecule has 36 heavy (non-hydrogen) atoms. The first-order valence-electron chi connectivity index (χ1n) is 12.1. The molecule has 0 spiro atoms. The lowest BCUT2D eigenvalue weighted by Gasteiger charge is -2.32. The van der Waals surface area contributed by atoms with E-state index in [1.54, 1.807) is 24.4 Å². The number of aromatic nitrogens is 2. The van der Waals surface area contributed by atoms with Crippen LogP contribution in [0.2, 0.25) is 5.02 Å². The summed E-state index contributed by atoms with van der Waals surface area (Å²) in [6, 6.07) is 5.12. The number of carbonyl (C=O) groups is 1. The number of benzene rings is 1. The molecule has 8 nitrogen and oxygen atoms in total. The lowest BCUT2D eigenvalue weighted by atomic mass is 9.91. The van der Waals surface area contributed by atoms with Crippen LogP contribution in [0.15, 0.2) is 30.6 Å². The molecule has 1 saturated heterocycles. The van der Waals surface area contributed by atoms with E-state index >= 15 is 0 Å². The molecule has 2 aliphatic heterocycles. The Morgan fingerprint density at radius 3 is 2.75 bits per heavy atom. The molecule has 196 valence electrons. The molecular formula is C24H28ClF3N4O4. The van der Waals surface area contributed by atoms with Crippen molar-refractivity contribution >= 4 is 23.2 Å². The molecule has 2 aromatic rings. The smallest absolute Gasteiger partial charge is 0.480 e. The summed E-state index contributed by atoms with van der Waals surface area (Å²) in [4.78, 5) is 14.7. The van der Waals surface area contributed by atoms with Crippen molar-refractivity contribution in [1.82, 2.24) is 15.1 Å². The number of amides is 1. The van der Waals surface area contributed by atoms with Gasteiger partial charge in [-0.3, -0.25) is 14.2 Å². The van der Waals surface area contributed by atoms with Crippen molar-refractivity contribution in [3.8, 4) is 5.75 Å². The molecule has 3 aliphatic rings. The number of aliphatic hydroxyl groups is 1. The van der Waals surface area contributed by atoms with Gasteiger partial charge in [-0.05, 0) is 50.3 Å². The van der Waals surface area contributed by atoms with Crippen LogP contribution >= 0.6 is 11.6 Å². The fraction of sp³-hybridized carbons (Fsp3) is 0.583. The van der Waals surface area contributed by atoms with Gasteiger partial charge in [0.1, 0.15) is 5.75 Å². The van der Waals surface area contributed by atoms with Crippen LogP contribution in [-0.4, -0.2) is 58.5 Å². The minimum absolute atomic E-state index is 0.00463. The van der Waals surface area contributed by atoms with Crippen molar-refractivity contribution in [2.75, 3.05) is 18.0 Å². The van der Waals surface area contributed by atoms with Crippen molar-refractivity contribution in [3.63, 3.8) is 0 Å². The summed E-state index contributed by atoms with van der Waals surface area (Å²) in [5.41, 5.74) is 1.37. The fourth-order valence-electron chi connectivity index (χ4n) is 5.30. The minimum Gasteiger partial charge on any atom is -0.480 e. The van der Waals surface area contributed by atoms with E-state index in [4.69, 9.17) is 16.3 Å². The highest BCUT2D eigenvalue weighted by atomic mass is 35.5. The maximum absolute atomic E-state index is 12.8. The molecule has 2 fully saturated rings. The van der Waals surface area contributed by atoms with Gasteiger partial charge in [0.2, 0.25) is 0 Å². The van der Waals surface area contributed by atoms with Crippen LogP contribution in [0.1, 0.15) is 56.2 Å². The van der Waals surface area contributed by atoms with Crippen molar-refractivity contribution in [1.29, 1.82) is 0 Å². The fourth-order valence-corrected chi connectivity index (χ4v) is 5.48. The van der Waals surface area contributed by atoms with Crippen molar-refractivity contribution in [3.05, 3.63) is 41.2 Å². The molecule has 0 radical (unpaired) electrons. The Morgan fingerprint density at radius 1 is 1.22 bits per heavy atom. The summed E-state index contributed by atoms with van der Waals surface area (Å²) in [6.45, 7) is 0.667. The maximum atomic E-state index is 12.8. The van der Waals surface area contributed by atoms with E-state index in [0.29, 0.717) is 29.3 Å². The van der Waals surface area contributed by atoms with E-state index < -0.39 is 24.7 Å². The van der Waals surface area contributed by atoms with Gasteiger partial charge in [-0.15, -0.1) is 13.2 Å². The van der Waals surface area contributed by atoms with Crippen LogP contribution in [0, 0.1) is 0 Å². The van der Waals surface area contributed by atoms with Crippen LogP contribution in [0.5, 0.6) is 5.75 Å². The van der Waals surface area contributed by atoms with Gasteiger partial charge in [-0.1, -0.05) is 11.6 Å². The van der Waals surface area contributed by atoms with E-state index in [2.05, 4.69) is 15.2 Å². The molecule has 1 aromatic carbocycles. The normalized spacial score (nSPS) is 28.5. The Kier molecular flexibility index (Phi) is 7.06. The number of ether oxygens (including phenoxy) is 2. The van der Waals surface area contributed by atoms with E-state index in [1.807, 2.05) is 15.8 Å². The van der Waals surface area contributed by atoms with Crippen LogP contribution in [0.4, 0.5) is 18.9 Å². The molecule has 1 saturated carbocycles. The number of fused-ring (bicyclic) bond motifs is 1. The van der Waals surface area contributed by atoms with Crippen molar-refractivity contribution < 1.29 is 32.5 Å². The van der Waals surface area contributed by atoms with Gasteiger partial charge in [0.05, 0.1) is 30.1 Å². The number of alkyl halides is 3. The maximum Gasteiger partial charge on any atom is 0.522 e. The molecule has 1 amide bonds. The first-order chi connectivity index (χ1) is 17.1. The highest BCUT2D eigenvalue weighted by Gasteiger charge is 2.37. The van der Waals surface area contributed by atoms with E-state index in [1.165, 1.54) is 0 Å². The monoisotopic (exact) mass is 528 g/mol. The Bertz CT molecular complexity index is 1090. The molecule has 3 heterocycles. The lowest BCUT2D eigenvalue weighted by Crippen LogP contribution is -2.46. The molecule has 5 rings (SSSR count). The lowest BCUT2D eigenvalue weighted by molar-refractivity contribution is -0.339. The first kappa shape index (κ1) is 25.2. The van der Waals surface area contributed by atoms with Crippen LogP contribution in [0.25, 0.3) is 0 Å². The third kappa shape index (κ3) is 5.73. The predicted molar refractivity (Wildman–Crippen MR) is 125 cm³/mol. The van der Waals surface area contributed by atoms with Gasteiger partial charge < -0.3 is 20.1 Å². The van der Waals surface area contributed by atoms with E-state index in [-0.39, 0.29) is 31.0 Å². The topological polar surface area (TPSA) is 88.9 Å². The zero-order valence-electron chi connectivity index (χ0n) is 19.5. The summed E-state index contributed by atoms with van der Waals surface area (Å²) in [5, 5.41) is 18.4. The highest BCUT2D eigenvalue weighted by Crippen LogP contribution is 2.37. The molecule has 0 unspecified atom stereocenters. The summed E-state index contributed by atoms with van der Waals surface area (Å²) in [5.74, 6) is 0.218. The van der Waals surface area contributed by atoms with Gasteiger partial charge in [0, 0.05) is 42.3 Å². The zero-order chi connectivity index (χ0) is 25.4. The van der Waals surface area contributed by atoms with Crippen LogP contribution < -0.4 is 15.0 Å². The molecular weight excluding hydrogens is 501 g/mol. The summed E-state index contributed by atoms with van der Waals surface area (Å²) < 4.78 is 49.3. The van der Waals surface area contributed by atoms with Crippen LogP contribution in [-0.2, 0) is 9.53 Å². The van der Waals surface area contributed by atoms with Gasteiger partial charge in [-0.2, -0.15) is 5.10 Å². The van der Waals surface area contributed by atoms with Gasteiger partial charge in [0.25, 0.3) is 5.91 Å². The quantitative estimate of drug-likeness (QED) is 0.606. The van der Waals surface area contributed by atoms with Gasteiger partial charge >= 0.3 is 6.36 Å². The minimum atomic E-state index is -4.62. The number of rotatable bonds is 5. The number of aliphatic hydroxyl groups excluding tert-OH is 1. The third-order valence-electron chi connectivity index (χ3n) is 7.15. The highest BCUT2D eigenvalue weighted by molar-refractivity contribution is 6.30. The predicted octanol–water partition coefficient (Wildman–Crippen LogP) is 4.14. The van der Waals surface area contributed by atoms with E-state index in [9.17, 15) is 23.1 Å². The SMILES string of the molecule is O=C(NC1CCC(n2cc(N3CC[C@@H](OC(F)(F)F)C3)cn2)CC1)[C@H]1C[C@@H](O)c2cc(Cl)ccc2O1. The van der Waals surface area contributed by atoms with Crippen molar-refractivity contribution in [2.45, 2.75) is 75.3 Å². The van der Waals surface area contributed by atoms with E-state index in [0.717, 1.165) is 31.4 Å². The molecule has 12 heteroatoms. The average molecular weight is 529 g/mol. The number of halogens is 4. The summed E-state index contributed by atoms with van der Waals surface area (Å²) >= 11 is 5.99. The summed E-state index contributed by atoms with van der Waals surface area (Å²) in [7, 11) is 0. The molecule has 2 N–H and O–H groups in total. The van der Waals surface area contributed by atoms with Gasteiger partial charge in [-0.25, -0.2) is 0 Å². The summed E-state index contributed by atoms with van der Waals surface area (Å²) in [6.07, 6.45) is 0.0884. The number of anilines is 1. The largest absolute Gasteiger partial charge is 0.522 e. The number of nitrogens with one attached hydrogen (secondary N) is 1. The Hall–Kier alpha value is -2.50. The third-order valence-corrected chi connectivity index (χ3v) is 7.38. The van der Waals surface area contributed by atoms with Gasteiger partial charge in [0.15, 0.2) is 6.10 Å². The second-order valence-electron chi connectivity index (χ2n) is 9.65. The van der Waals surface area contributed by atoms with Crippen molar-refractivity contribution in [2.24, 2.45) is 0 Å². The Balaban J connectivity index is 1.10. The Labute approximate surface area is 211 Å².